The predicted molar refractivity (Wildman–Crippen MR) is 77.5 cm³/mol. The summed E-state index contributed by atoms with van der Waals surface area (Å²) in [6, 6.07) is 0.313. The van der Waals surface area contributed by atoms with Crippen LogP contribution in [0.25, 0.3) is 0 Å². The summed E-state index contributed by atoms with van der Waals surface area (Å²) in [5, 5.41) is 13.5. The Morgan fingerprint density at radius 2 is 2.14 bits per heavy atom. The lowest BCUT2D eigenvalue weighted by molar-refractivity contribution is -0.128. The lowest BCUT2D eigenvalue weighted by Crippen LogP contribution is -2.30. The van der Waals surface area contributed by atoms with Crippen LogP contribution in [0.3, 0.4) is 0 Å². The van der Waals surface area contributed by atoms with Crippen molar-refractivity contribution in [1.82, 2.24) is 4.90 Å². The van der Waals surface area contributed by atoms with E-state index in [4.69, 9.17) is 5.11 Å². The molecule has 3 rings (SSSR count). The maximum Gasteiger partial charge on any atom is 0.348 e. The molecule has 1 aliphatic carbocycles. The number of hydrogen-bond acceptors (Lipinski definition) is 4. The molecule has 6 nitrogen and oxygen atoms in total. The van der Waals surface area contributed by atoms with E-state index in [9.17, 15) is 14.4 Å². The molecule has 112 valence electrons. The molecule has 1 saturated heterocycles. The molecule has 0 aromatic carbocycles. The fourth-order valence-corrected chi connectivity index (χ4v) is 3.47. The topological polar surface area (TPSA) is 86.7 Å². The van der Waals surface area contributed by atoms with Crippen molar-refractivity contribution in [3.8, 4) is 0 Å². The number of aryl methyl sites for hydroxylation is 1. The standard InChI is InChI=1S/C14H16N2O4S/c1-7-6-21-12(14(19)20)11(7)15-13(18)8-4-10(17)16(5-8)9-2-3-9/h6,8-9H,2-5H2,1H3,(H,15,18)(H,19,20). The average Bonchev–Trinajstić information content (AvgIpc) is 3.10. The van der Waals surface area contributed by atoms with Gasteiger partial charge in [0.25, 0.3) is 0 Å². The van der Waals surface area contributed by atoms with Gasteiger partial charge in [0.1, 0.15) is 4.88 Å². The zero-order valence-corrected chi connectivity index (χ0v) is 12.4. The van der Waals surface area contributed by atoms with E-state index in [1.165, 1.54) is 0 Å². The summed E-state index contributed by atoms with van der Waals surface area (Å²) in [4.78, 5) is 37.2. The number of carbonyl (C=O) groups excluding carboxylic acids is 2. The second kappa shape index (κ2) is 5.14. The molecule has 0 radical (unpaired) electrons. The van der Waals surface area contributed by atoms with E-state index in [2.05, 4.69) is 5.32 Å². The summed E-state index contributed by atoms with van der Waals surface area (Å²) in [5.74, 6) is -1.68. The Bertz CT molecular complexity index is 620. The summed E-state index contributed by atoms with van der Waals surface area (Å²) in [6.07, 6.45) is 2.26. The number of carbonyl (C=O) groups is 3. The van der Waals surface area contributed by atoms with Crippen molar-refractivity contribution in [2.75, 3.05) is 11.9 Å². The number of carboxylic acid groups (broad SMARTS) is 1. The molecule has 1 atom stereocenters. The lowest BCUT2D eigenvalue weighted by atomic mass is 10.1. The Morgan fingerprint density at radius 1 is 1.43 bits per heavy atom. The molecule has 2 fully saturated rings. The number of rotatable bonds is 4. The maximum absolute atomic E-state index is 12.3. The van der Waals surface area contributed by atoms with Crippen molar-refractivity contribution in [1.29, 1.82) is 0 Å². The van der Waals surface area contributed by atoms with Crippen LogP contribution in [0, 0.1) is 12.8 Å². The number of likely N-dealkylation sites (tertiary alicyclic amines) is 1. The first-order chi connectivity index (χ1) is 9.97. The van der Waals surface area contributed by atoms with E-state index >= 15 is 0 Å². The van der Waals surface area contributed by atoms with E-state index in [-0.39, 0.29) is 29.0 Å². The van der Waals surface area contributed by atoms with Crippen molar-refractivity contribution < 1.29 is 19.5 Å². The van der Waals surface area contributed by atoms with Crippen LogP contribution in [0.15, 0.2) is 5.38 Å². The smallest absolute Gasteiger partial charge is 0.348 e. The van der Waals surface area contributed by atoms with Crippen LogP contribution in [-0.2, 0) is 9.59 Å². The molecule has 0 spiro atoms. The first-order valence-electron chi connectivity index (χ1n) is 6.89. The number of nitrogens with zero attached hydrogens (tertiary/aromatic N) is 1. The molecule has 1 aromatic rings. The molecule has 2 aliphatic rings. The second-order valence-corrected chi connectivity index (χ2v) is 6.48. The molecule has 2 amide bonds. The molecule has 7 heteroatoms. The fourth-order valence-electron chi connectivity index (χ4n) is 2.63. The van der Waals surface area contributed by atoms with E-state index < -0.39 is 5.97 Å². The monoisotopic (exact) mass is 308 g/mol. The minimum atomic E-state index is -1.05. The summed E-state index contributed by atoms with van der Waals surface area (Å²) < 4.78 is 0. The predicted octanol–water partition coefficient (Wildman–Crippen LogP) is 1.70. The van der Waals surface area contributed by atoms with Gasteiger partial charge in [0.2, 0.25) is 11.8 Å². The number of amides is 2. The Kier molecular flexibility index (Phi) is 3.44. The summed E-state index contributed by atoms with van der Waals surface area (Å²) >= 11 is 1.09. The van der Waals surface area contributed by atoms with Gasteiger partial charge in [0.05, 0.1) is 11.6 Å². The summed E-state index contributed by atoms with van der Waals surface area (Å²) in [7, 11) is 0. The van der Waals surface area contributed by atoms with Gasteiger partial charge in [-0.1, -0.05) is 0 Å². The van der Waals surface area contributed by atoms with Crippen molar-refractivity contribution in [3.05, 3.63) is 15.8 Å². The molecular formula is C14H16N2O4S. The molecule has 1 unspecified atom stereocenters. The van der Waals surface area contributed by atoms with Gasteiger partial charge in [-0.2, -0.15) is 0 Å². The van der Waals surface area contributed by atoms with Gasteiger partial charge in [-0.05, 0) is 30.7 Å². The SMILES string of the molecule is Cc1csc(C(=O)O)c1NC(=O)C1CC(=O)N(C2CC2)C1. The van der Waals surface area contributed by atoms with E-state index in [0.717, 1.165) is 29.7 Å². The van der Waals surface area contributed by atoms with Crippen molar-refractivity contribution in [2.45, 2.75) is 32.2 Å². The fraction of sp³-hybridized carbons (Fsp3) is 0.500. The molecule has 1 aliphatic heterocycles. The first kappa shape index (κ1) is 14.1. The zero-order chi connectivity index (χ0) is 15.1. The van der Waals surface area contributed by atoms with Gasteiger partial charge in [-0.15, -0.1) is 11.3 Å². The quantitative estimate of drug-likeness (QED) is 0.886. The Balaban J connectivity index is 1.71. The summed E-state index contributed by atoms with van der Waals surface area (Å²) in [5.41, 5.74) is 1.09. The van der Waals surface area contributed by atoms with Crippen molar-refractivity contribution in [2.24, 2.45) is 5.92 Å². The highest BCUT2D eigenvalue weighted by molar-refractivity contribution is 7.12. The van der Waals surface area contributed by atoms with Gasteiger partial charge in [-0.25, -0.2) is 4.79 Å². The third kappa shape index (κ3) is 2.65. The highest BCUT2D eigenvalue weighted by Gasteiger charge is 2.41. The number of carboxylic acids is 1. The average molecular weight is 308 g/mol. The minimum Gasteiger partial charge on any atom is -0.477 e. The van der Waals surface area contributed by atoms with Crippen LogP contribution in [0.4, 0.5) is 5.69 Å². The van der Waals surface area contributed by atoms with Gasteiger partial charge in [0, 0.05) is 19.0 Å². The van der Waals surface area contributed by atoms with Crippen molar-refractivity contribution in [3.63, 3.8) is 0 Å². The largest absolute Gasteiger partial charge is 0.477 e. The number of hydrogen-bond donors (Lipinski definition) is 2. The first-order valence-corrected chi connectivity index (χ1v) is 7.77. The summed E-state index contributed by atoms with van der Waals surface area (Å²) in [6.45, 7) is 2.20. The molecular weight excluding hydrogens is 292 g/mol. The van der Waals surface area contributed by atoms with E-state index in [1.807, 2.05) is 0 Å². The Labute approximate surface area is 125 Å². The molecule has 1 aromatic heterocycles. The molecule has 2 heterocycles. The zero-order valence-electron chi connectivity index (χ0n) is 11.6. The third-order valence-electron chi connectivity index (χ3n) is 3.93. The van der Waals surface area contributed by atoms with Crippen LogP contribution in [0.5, 0.6) is 0 Å². The molecule has 0 bridgehead atoms. The molecule has 2 N–H and O–H groups in total. The van der Waals surface area contributed by atoms with Gasteiger partial charge >= 0.3 is 5.97 Å². The minimum absolute atomic E-state index is 0.0261. The maximum atomic E-state index is 12.3. The highest BCUT2D eigenvalue weighted by atomic mass is 32.1. The van der Waals surface area contributed by atoms with Crippen LogP contribution in [0.1, 0.15) is 34.5 Å². The Morgan fingerprint density at radius 3 is 2.76 bits per heavy atom. The number of anilines is 1. The molecule has 1 saturated carbocycles. The van der Waals surface area contributed by atoms with Crippen molar-refractivity contribution >= 4 is 34.8 Å². The highest BCUT2D eigenvalue weighted by Crippen LogP contribution is 2.34. The third-order valence-corrected chi connectivity index (χ3v) is 5.02. The Hall–Kier alpha value is -1.89. The van der Waals surface area contributed by atoms with Gasteiger partial charge in [-0.3, -0.25) is 9.59 Å². The lowest BCUT2D eigenvalue weighted by Gasteiger charge is -2.15. The normalized spacial score (nSPS) is 21.7. The van der Waals surface area contributed by atoms with Crippen LogP contribution in [-0.4, -0.2) is 40.4 Å². The molecule has 21 heavy (non-hydrogen) atoms. The van der Waals surface area contributed by atoms with E-state index in [1.54, 1.807) is 17.2 Å². The van der Waals surface area contributed by atoms with Crippen LogP contribution >= 0.6 is 11.3 Å². The van der Waals surface area contributed by atoms with Crippen LogP contribution in [0.2, 0.25) is 0 Å². The second-order valence-electron chi connectivity index (χ2n) is 5.60. The van der Waals surface area contributed by atoms with E-state index in [0.29, 0.717) is 18.3 Å². The number of aromatic carboxylic acids is 1. The van der Waals surface area contributed by atoms with Crippen LogP contribution < -0.4 is 5.32 Å². The van der Waals surface area contributed by atoms with Gasteiger partial charge in [0.15, 0.2) is 0 Å². The number of thiophene rings is 1. The van der Waals surface area contributed by atoms with Gasteiger partial charge < -0.3 is 15.3 Å². The number of nitrogens with one attached hydrogen (secondary N) is 1.